The first-order valence-corrected chi connectivity index (χ1v) is 10.6. The second kappa shape index (κ2) is 9.33. The second-order valence-corrected chi connectivity index (χ2v) is 7.70. The second-order valence-electron chi connectivity index (χ2n) is 7.70. The van der Waals surface area contributed by atoms with E-state index >= 15 is 0 Å². The quantitative estimate of drug-likeness (QED) is 0.551. The molecule has 160 valence electrons. The lowest BCUT2D eigenvalue weighted by molar-refractivity contribution is -0.294. The van der Waals surface area contributed by atoms with Gasteiger partial charge in [-0.3, -0.25) is 4.49 Å². The van der Waals surface area contributed by atoms with Crippen LogP contribution in [0.4, 0.5) is 0 Å². The molecule has 1 aromatic heterocycles. The van der Waals surface area contributed by atoms with Crippen LogP contribution < -0.4 is 15.2 Å². The Morgan fingerprint density at radius 3 is 2.62 bits per heavy atom. The standard InChI is InChI=1S/C26H27BN3O2/c1-17-15-19(29-26(17)22(12-13-28)24-5-4-14-30(24)27)8-6-18-7-11-25(32-3)21-10-9-20(31-2)16-23(18)21/h4-11,14-16,29H,12-13,28H2,1-3H3/q+1/b8-6+. The van der Waals surface area contributed by atoms with Gasteiger partial charge in [0, 0.05) is 28.8 Å². The summed E-state index contributed by atoms with van der Waals surface area (Å²) >= 11 is 0. The minimum absolute atomic E-state index is 0.545. The largest absolute Gasteiger partial charge is 0.586 e. The van der Waals surface area contributed by atoms with Crippen LogP contribution in [0.1, 0.15) is 28.9 Å². The number of nitrogens with two attached hydrogens (primary N) is 1. The Morgan fingerprint density at radius 2 is 1.94 bits per heavy atom. The van der Waals surface area contributed by atoms with Gasteiger partial charge in [0.15, 0.2) is 5.70 Å². The first kappa shape index (κ1) is 21.7. The maximum absolute atomic E-state index is 6.11. The first-order valence-electron chi connectivity index (χ1n) is 10.6. The Bertz CT molecular complexity index is 1280. The Labute approximate surface area is 190 Å². The molecule has 0 bridgehead atoms. The predicted octanol–water partition coefficient (Wildman–Crippen LogP) is 4.46. The zero-order valence-electron chi connectivity index (χ0n) is 18.7. The third kappa shape index (κ3) is 4.14. The molecule has 0 saturated carbocycles. The molecule has 3 aromatic rings. The third-order valence-corrected chi connectivity index (χ3v) is 5.70. The highest BCUT2D eigenvalue weighted by molar-refractivity contribution is 6.01. The molecule has 0 aliphatic carbocycles. The topological polar surface area (TPSA) is 63.3 Å². The summed E-state index contributed by atoms with van der Waals surface area (Å²) in [7, 11) is 9.47. The summed E-state index contributed by atoms with van der Waals surface area (Å²) in [6.45, 7) is 2.64. The number of benzene rings is 2. The molecule has 1 aliphatic rings. The molecule has 5 nitrogen and oxygen atoms in total. The molecule has 0 fully saturated rings. The van der Waals surface area contributed by atoms with Crippen molar-refractivity contribution in [3.8, 4) is 11.5 Å². The normalized spacial score (nSPS) is 14.9. The average molecular weight is 424 g/mol. The number of nitrogens with one attached hydrogen (secondary N) is 1. The van der Waals surface area contributed by atoms with Crippen molar-refractivity contribution in [3.63, 3.8) is 0 Å². The lowest BCUT2D eigenvalue weighted by atomic mass is 10.0. The lowest BCUT2D eigenvalue weighted by Crippen LogP contribution is -2.09. The van der Waals surface area contributed by atoms with Gasteiger partial charge in [0.05, 0.1) is 19.9 Å². The molecular weight excluding hydrogens is 397 g/mol. The van der Waals surface area contributed by atoms with Crippen LogP contribution in [0.5, 0.6) is 11.5 Å². The molecule has 4 rings (SSSR count). The average Bonchev–Trinajstić information content (AvgIpc) is 3.40. The van der Waals surface area contributed by atoms with Crippen LogP contribution in [0, 0.1) is 6.92 Å². The zero-order valence-corrected chi connectivity index (χ0v) is 18.7. The molecule has 1 aliphatic heterocycles. The highest BCUT2D eigenvalue weighted by Gasteiger charge is 2.20. The Morgan fingerprint density at radius 1 is 1.09 bits per heavy atom. The minimum atomic E-state index is 0.545. The van der Waals surface area contributed by atoms with Gasteiger partial charge in [-0.25, -0.2) is 0 Å². The SMILES string of the molecule is [B][N+]1=CC=CC1=C(CCN)c1[nH]c(/C=C/c2ccc(OC)c3ccc(OC)cc23)cc1C. The molecule has 0 saturated heterocycles. The van der Waals surface area contributed by atoms with Crippen molar-refractivity contribution in [1.29, 1.82) is 0 Å². The van der Waals surface area contributed by atoms with E-state index < -0.39 is 0 Å². The number of hydrogen-bond donors (Lipinski definition) is 2. The van der Waals surface area contributed by atoms with Gasteiger partial charge < -0.3 is 20.2 Å². The molecule has 2 aromatic carbocycles. The van der Waals surface area contributed by atoms with Crippen molar-refractivity contribution in [2.75, 3.05) is 20.8 Å². The number of fused-ring (bicyclic) bond motifs is 1. The Kier molecular flexibility index (Phi) is 6.33. The van der Waals surface area contributed by atoms with Crippen molar-refractivity contribution in [3.05, 3.63) is 76.8 Å². The highest BCUT2D eigenvalue weighted by atomic mass is 16.5. The summed E-state index contributed by atoms with van der Waals surface area (Å²) in [6.07, 6.45) is 10.7. The molecule has 2 radical (unpaired) electrons. The van der Waals surface area contributed by atoms with E-state index in [4.69, 9.17) is 23.2 Å². The van der Waals surface area contributed by atoms with E-state index in [1.54, 1.807) is 18.7 Å². The third-order valence-electron chi connectivity index (χ3n) is 5.70. The number of aromatic amines is 1. The maximum atomic E-state index is 6.11. The summed E-state index contributed by atoms with van der Waals surface area (Å²) < 4.78 is 12.6. The predicted molar refractivity (Wildman–Crippen MR) is 133 cm³/mol. The van der Waals surface area contributed by atoms with Crippen molar-refractivity contribution < 1.29 is 14.0 Å². The lowest BCUT2D eigenvalue weighted by Gasteiger charge is -2.10. The van der Waals surface area contributed by atoms with E-state index in [0.29, 0.717) is 6.54 Å². The van der Waals surface area contributed by atoms with Gasteiger partial charge in [-0.2, -0.15) is 0 Å². The summed E-state index contributed by atoms with van der Waals surface area (Å²) in [5.41, 5.74) is 12.3. The number of aromatic nitrogens is 1. The summed E-state index contributed by atoms with van der Waals surface area (Å²) in [6, 6.07) is 12.2. The van der Waals surface area contributed by atoms with E-state index in [-0.39, 0.29) is 0 Å². The van der Waals surface area contributed by atoms with Gasteiger partial charge in [0.25, 0.3) is 0 Å². The van der Waals surface area contributed by atoms with Crippen LogP contribution in [0.3, 0.4) is 0 Å². The minimum Gasteiger partial charge on any atom is -0.497 e. The molecule has 0 spiro atoms. The fourth-order valence-corrected chi connectivity index (χ4v) is 4.11. The van der Waals surface area contributed by atoms with Crippen LogP contribution in [-0.4, -0.2) is 44.4 Å². The van der Waals surface area contributed by atoms with E-state index in [9.17, 15) is 0 Å². The summed E-state index contributed by atoms with van der Waals surface area (Å²) in [5, 5.41) is 2.11. The molecular formula is C26H27BN3O2+. The monoisotopic (exact) mass is 424 g/mol. The number of nitrogens with zero attached hydrogens (tertiary/aromatic N) is 1. The number of hydrogen-bond acceptors (Lipinski definition) is 3. The number of methoxy groups -OCH3 is 2. The molecule has 0 amide bonds. The number of allylic oxidation sites excluding steroid dienone is 2. The number of rotatable bonds is 7. The molecule has 0 atom stereocenters. The molecule has 32 heavy (non-hydrogen) atoms. The zero-order chi connectivity index (χ0) is 22.7. The van der Waals surface area contributed by atoms with Gasteiger partial charge >= 0.3 is 7.98 Å². The van der Waals surface area contributed by atoms with E-state index in [2.05, 4.69) is 36.2 Å². The van der Waals surface area contributed by atoms with Crippen molar-refractivity contribution in [2.45, 2.75) is 13.3 Å². The van der Waals surface area contributed by atoms with Crippen LogP contribution in [-0.2, 0) is 0 Å². The molecule has 3 N–H and O–H groups in total. The molecule has 0 unspecified atom stereocenters. The maximum Gasteiger partial charge on any atom is 0.586 e. The van der Waals surface area contributed by atoms with Gasteiger partial charge in [-0.15, -0.1) is 0 Å². The number of ether oxygens (including phenoxy) is 2. The van der Waals surface area contributed by atoms with Crippen LogP contribution in [0.2, 0.25) is 0 Å². The fourth-order valence-electron chi connectivity index (χ4n) is 4.11. The number of H-pyrrole nitrogens is 1. The Hall–Kier alpha value is -3.51. The van der Waals surface area contributed by atoms with E-state index in [0.717, 1.165) is 62.5 Å². The van der Waals surface area contributed by atoms with Gasteiger partial charge in [0.2, 0.25) is 0 Å². The van der Waals surface area contributed by atoms with E-state index in [1.165, 1.54) is 0 Å². The molecule has 2 heterocycles. The van der Waals surface area contributed by atoms with Gasteiger partial charge in [-0.1, -0.05) is 12.1 Å². The van der Waals surface area contributed by atoms with Crippen LogP contribution in [0.25, 0.3) is 28.5 Å². The van der Waals surface area contributed by atoms with Gasteiger partial charge in [-0.05, 0) is 72.8 Å². The number of aryl methyl sites for hydroxylation is 1. The van der Waals surface area contributed by atoms with Crippen LogP contribution >= 0.6 is 0 Å². The van der Waals surface area contributed by atoms with Crippen molar-refractivity contribution in [2.24, 2.45) is 5.73 Å². The smallest absolute Gasteiger partial charge is 0.497 e. The fraction of sp³-hybridized carbons (Fsp3) is 0.192. The van der Waals surface area contributed by atoms with E-state index in [1.807, 2.05) is 42.6 Å². The summed E-state index contributed by atoms with van der Waals surface area (Å²) in [5.74, 6) is 1.65. The first-order chi connectivity index (χ1) is 15.5. The highest BCUT2D eigenvalue weighted by Crippen LogP contribution is 2.33. The molecule has 6 heteroatoms. The van der Waals surface area contributed by atoms with Crippen LogP contribution in [0.15, 0.2) is 54.2 Å². The van der Waals surface area contributed by atoms with Crippen molar-refractivity contribution >= 4 is 42.7 Å². The van der Waals surface area contributed by atoms with Gasteiger partial charge in [0.1, 0.15) is 17.7 Å². The Balaban J connectivity index is 1.73. The summed E-state index contributed by atoms with van der Waals surface area (Å²) in [4.78, 5) is 3.55. The van der Waals surface area contributed by atoms with Crippen molar-refractivity contribution in [1.82, 2.24) is 4.98 Å².